The highest BCUT2D eigenvalue weighted by Gasteiger charge is 2.10. The Bertz CT molecular complexity index is 496. The molecular weight excluding hydrogens is 220 g/mol. The summed E-state index contributed by atoms with van der Waals surface area (Å²) in [4.78, 5) is 8.29. The second kappa shape index (κ2) is 4.73. The summed E-state index contributed by atoms with van der Waals surface area (Å²) in [6.07, 6.45) is 1.62. The Morgan fingerprint density at radius 1 is 1.47 bits per heavy atom. The summed E-state index contributed by atoms with van der Waals surface area (Å²) in [7, 11) is 1.52. The van der Waals surface area contributed by atoms with Crippen LogP contribution in [-0.4, -0.2) is 17.1 Å². The van der Waals surface area contributed by atoms with E-state index in [2.05, 4.69) is 15.3 Å². The topological polar surface area (TPSA) is 86.2 Å². The summed E-state index contributed by atoms with van der Waals surface area (Å²) >= 11 is 0. The number of nitrogens with two attached hydrogens (primary N) is 1. The van der Waals surface area contributed by atoms with E-state index >= 15 is 0 Å². The molecule has 0 fully saturated rings. The minimum absolute atomic E-state index is 0.374. The van der Waals surface area contributed by atoms with E-state index in [4.69, 9.17) is 14.9 Å². The third kappa shape index (κ3) is 2.47. The molecule has 0 aliphatic carbocycles. The van der Waals surface area contributed by atoms with Crippen LogP contribution in [0.2, 0.25) is 0 Å². The van der Waals surface area contributed by atoms with Crippen molar-refractivity contribution in [1.82, 2.24) is 9.97 Å². The van der Waals surface area contributed by atoms with Gasteiger partial charge in [-0.2, -0.15) is 4.98 Å². The van der Waals surface area contributed by atoms with Crippen LogP contribution in [0.3, 0.4) is 0 Å². The van der Waals surface area contributed by atoms with Crippen LogP contribution in [0.5, 0.6) is 5.88 Å². The van der Waals surface area contributed by atoms with Gasteiger partial charge >= 0.3 is 0 Å². The number of methoxy groups -OCH3 is 1. The monoisotopic (exact) mass is 234 g/mol. The van der Waals surface area contributed by atoms with E-state index in [-0.39, 0.29) is 0 Å². The first kappa shape index (κ1) is 11.3. The molecular formula is C11H14N4O2. The van der Waals surface area contributed by atoms with Gasteiger partial charge in [0.15, 0.2) is 5.82 Å². The number of rotatable bonds is 4. The molecule has 0 amide bonds. The average Bonchev–Trinajstić information content (AvgIpc) is 2.82. The maximum Gasteiger partial charge on any atom is 0.242 e. The van der Waals surface area contributed by atoms with Crippen molar-refractivity contribution in [2.75, 3.05) is 18.2 Å². The lowest BCUT2D eigenvalue weighted by atomic mass is 10.4. The normalized spacial score (nSPS) is 10.2. The van der Waals surface area contributed by atoms with Crippen molar-refractivity contribution in [2.45, 2.75) is 13.5 Å². The minimum atomic E-state index is 0.374. The average molecular weight is 234 g/mol. The van der Waals surface area contributed by atoms with Crippen LogP contribution in [-0.2, 0) is 6.54 Å². The van der Waals surface area contributed by atoms with Crippen LogP contribution < -0.4 is 15.8 Å². The van der Waals surface area contributed by atoms with E-state index in [9.17, 15) is 0 Å². The van der Waals surface area contributed by atoms with Crippen molar-refractivity contribution in [3.05, 3.63) is 30.0 Å². The summed E-state index contributed by atoms with van der Waals surface area (Å²) < 4.78 is 10.3. The maximum absolute atomic E-state index is 5.86. The number of nitrogen functional groups attached to an aromatic ring is 1. The number of ether oxygens (including phenoxy) is 1. The number of aromatic nitrogens is 2. The van der Waals surface area contributed by atoms with Gasteiger partial charge in [-0.1, -0.05) is 0 Å². The van der Waals surface area contributed by atoms with Crippen molar-refractivity contribution in [1.29, 1.82) is 0 Å². The van der Waals surface area contributed by atoms with E-state index in [1.807, 2.05) is 12.1 Å². The summed E-state index contributed by atoms with van der Waals surface area (Å²) in [5, 5.41) is 3.08. The van der Waals surface area contributed by atoms with Gasteiger partial charge in [0.25, 0.3) is 0 Å². The third-order valence-corrected chi connectivity index (χ3v) is 2.23. The van der Waals surface area contributed by atoms with Crippen molar-refractivity contribution in [3.63, 3.8) is 0 Å². The van der Waals surface area contributed by atoms with E-state index in [1.165, 1.54) is 7.11 Å². The Kier molecular flexibility index (Phi) is 3.13. The fourth-order valence-electron chi connectivity index (χ4n) is 1.43. The largest absolute Gasteiger partial charge is 0.479 e. The summed E-state index contributed by atoms with van der Waals surface area (Å²) in [6.45, 7) is 2.29. The lowest BCUT2D eigenvalue weighted by Gasteiger charge is -2.10. The first-order chi connectivity index (χ1) is 8.20. The highest BCUT2D eigenvalue weighted by atomic mass is 16.5. The van der Waals surface area contributed by atoms with Crippen LogP contribution in [0.25, 0.3) is 0 Å². The molecule has 0 aliphatic rings. The smallest absolute Gasteiger partial charge is 0.242 e. The zero-order valence-electron chi connectivity index (χ0n) is 9.73. The number of hydrogen-bond donors (Lipinski definition) is 2. The van der Waals surface area contributed by atoms with Gasteiger partial charge in [0.1, 0.15) is 17.3 Å². The van der Waals surface area contributed by atoms with Gasteiger partial charge in [0, 0.05) is 0 Å². The molecule has 0 aromatic carbocycles. The van der Waals surface area contributed by atoms with E-state index in [0.29, 0.717) is 29.8 Å². The molecule has 0 spiro atoms. The second-order valence-electron chi connectivity index (χ2n) is 3.48. The Morgan fingerprint density at radius 3 is 2.94 bits per heavy atom. The fraction of sp³-hybridized carbons (Fsp3) is 0.273. The van der Waals surface area contributed by atoms with Crippen molar-refractivity contribution >= 4 is 11.5 Å². The predicted molar refractivity (Wildman–Crippen MR) is 63.8 cm³/mol. The van der Waals surface area contributed by atoms with Crippen LogP contribution in [0.15, 0.2) is 22.8 Å². The highest BCUT2D eigenvalue weighted by Crippen LogP contribution is 2.25. The summed E-state index contributed by atoms with van der Waals surface area (Å²) in [5.74, 6) is 2.32. The van der Waals surface area contributed by atoms with Gasteiger partial charge in [-0.25, -0.2) is 4.98 Å². The number of aryl methyl sites for hydroxylation is 1. The first-order valence-corrected chi connectivity index (χ1v) is 5.15. The van der Waals surface area contributed by atoms with Crippen LogP contribution in [0, 0.1) is 6.92 Å². The molecule has 2 rings (SSSR count). The van der Waals surface area contributed by atoms with Crippen molar-refractivity contribution in [3.8, 4) is 5.88 Å². The molecule has 0 bridgehead atoms. The number of anilines is 2. The molecule has 90 valence electrons. The SMILES string of the molecule is COc1nc(C)nc(NCc2ccco2)c1N. The van der Waals surface area contributed by atoms with Gasteiger partial charge in [-0.3, -0.25) is 0 Å². The molecule has 0 saturated carbocycles. The molecule has 3 N–H and O–H groups in total. The summed E-state index contributed by atoms with van der Waals surface area (Å²) in [5.41, 5.74) is 6.25. The highest BCUT2D eigenvalue weighted by molar-refractivity contribution is 5.66. The zero-order chi connectivity index (χ0) is 12.3. The molecule has 6 nitrogen and oxygen atoms in total. The van der Waals surface area contributed by atoms with E-state index < -0.39 is 0 Å². The van der Waals surface area contributed by atoms with Gasteiger partial charge in [0.05, 0.1) is 19.9 Å². The molecule has 6 heteroatoms. The van der Waals surface area contributed by atoms with Crippen LogP contribution in [0.1, 0.15) is 11.6 Å². The Balaban J connectivity index is 2.17. The van der Waals surface area contributed by atoms with Gasteiger partial charge in [0.2, 0.25) is 5.88 Å². The maximum atomic E-state index is 5.86. The fourth-order valence-corrected chi connectivity index (χ4v) is 1.43. The Labute approximate surface area is 98.8 Å². The molecule has 0 saturated heterocycles. The quantitative estimate of drug-likeness (QED) is 0.835. The van der Waals surface area contributed by atoms with Gasteiger partial charge in [-0.15, -0.1) is 0 Å². The molecule has 2 aromatic heterocycles. The summed E-state index contributed by atoms with van der Waals surface area (Å²) in [6, 6.07) is 3.70. The zero-order valence-corrected chi connectivity index (χ0v) is 9.73. The molecule has 2 heterocycles. The number of nitrogens with one attached hydrogen (secondary N) is 1. The van der Waals surface area contributed by atoms with Gasteiger partial charge < -0.3 is 20.2 Å². The number of nitrogens with zero attached hydrogens (tertiary/aromatic N) is 2. The predicted octanol–water partition coefficient (Wildman–Crippen LogP) is 1.58. The Hall–Kier alpha value is -2.24. The molecule has 17 heavy (non-hydrogen) atoms. The molecule has 0 unspecified atom stereocenters. The van der Waals surface area contributed by atoms with Crippen molar-refractivity contribution < 1.29 is 9.15 Å². The molecule has 0 radical (unpaired) electrons. The van der Waals surface area contributed by atoms with Gasteiger partial charge in [-0.05, 0) is 19.1 Å². The number of hydrogen-bond acceptors (Lipinski definition) is 6. The third-order valence-electron chi connectivity index (χ3n) is 2.23. The minimum Gasteiger partial charge on any atom is -0.479 e. The van der Waals surface area contributed by atoms with Crippen molar-refractivity contribution in [2.24, 2.45) is 0 Å². The van der Waals surface area contributed by atoms with E-state index in [1.54, 1.807) is 13.2 Å². The second-order valence-corrected chi connectivity index (χ2v) is 3.48. The molecule has 2 aromatic rings. The molecule has 0 atom stereocenters. The lowest BCUT2D eigenvalue weighted by molar-refractivity contribution is 0.398. The lowest BCUT2D eigenvalue weighted by Crippen LogP contribution is -2.08. The number of furan rings is 1. The van der Waals surface area contributed by atoms with Crippen LogP contribution in [0.4, 0.5) is 11.5 Å². The first-order valence-electron chi connectivity index (χ1n) is 5.15. The molecule has 0 aliphatic heterocycles. The van der Waals surface area contributed by atoms with Crippen LogP contribution >= 0.6 is 0 Å². The standard InChI is InChI=1S/C11H14N4O2/c1-7-14-10(9(12)11(15-7)16-2)13-6-8-4-3-5-17-8/h3-5H,6,12H2,1-2H3,(H,13,14,15). The van der Waals surface area contributed by atoms with E-state index in [0.717, 1.165) is 5.76 Å². The Morgan fingerprint density at radius 2 is 2.29 bits per heavy atom.